The van der Waals surface area contributed by atoms with E-state index in [4.69, 9.17) is 0 Å². The van der Waals surface area contributed by atoms with Gasteiger partial charge in [0.2, 0.25) is 0 Å². The van der Waals surface area contributed by atoms with Gasteiger partial charge < -0.3 is 15.5 Å². The second-order valence-corrected chi connectivity index (χ2v) is 8.07. The number of hydrogen-bond donors (Lipinski definition) is 2. The number of nitrogens with zero attached hydrogens (tertiary/aromatic N) is 1. The Labute approximate surface area is 171 Å². The minimum atomic E-state index is -0.353. The maximum atomic E-state index is 13.6. The van der Waals surface area contributed by atoms with Crippen molar-refractivity contribution in [1.29, 1.82) is 0 Å². The number of amides is 1. The summed E-state index contributed by atoms with van der Waals surface area (Å²) in [6.45, 7) is 6.62. The van der Waals surface area contributed by atoms with Crippen LogP contribution in [0.1, 0.15) is 43.7 Å². The molecule has 0 aromatic heterocycles. The predicted molar refractivity (Wildman–Crippen MR) is 118 cm³/mol. The number of benzene rings is 2. The molecule has 2 aliphatic heterocycles. The van der Waals surface area contributed by atoms with Crippen LogP contribution >= 0.6 is 0 Å². The number of anilines is 3. The van der Waals surface area contributed by atoms with Gasteiger partial charge in [-0.25, -0.2) is 4.39 Å². The summed E-state index contributed by atoms with van der Waals surface area (Å²) in [5.41, 5.74) is 5.08. The normalized spacial score (nSPS) is 18.1. The molecule has 1 amide bonds. The van der Waals surface area contributed by atoms with E-state index in [9.17, 15) is 9.18 Å². The lowest BCUT2D eigenvalue weighted by molar-refractivity contribution is -0.110. The number of halogens is 1. The first-order valence-corrected chi connectivity index (χ1v) is 10.5. The molecule has 0 aliphatic carbocycles. The minimum Gasteiger partial charge on any atom is -0.371 e. The summed E-state index contributed by atoms with van der Waals surface area (Å²) in [5.74, 6) is 0.296. The maximum Gasteiger partial charge on any atom is 0.257 e. The molecule has 0 radical (unpaired) electrons. The average molecular weight is 394 g/mol. The van der Waals surface area contributed by atoms with Crippen molar-refractivity contribution in [1.82, 2.24) is 0 Å². The summed E-state index contributed by atoms with van der Waals surface area (Å²) in [5, 5.41) is 5.97. The van der Waals surface area contributed by atoms with Crippen LogP contribution in [0.25, 0.3) is 5.57 Å². The van der Waals surface area contributed by atoms with E-state index in [0.29, 0.717) is 16.8 Å². The van der Waals surface area contributed by atoms with Crippen molar-refractivity contribution in [3.63, 3.8) is 0 Å². The second kappa shape index (κ2) is 8.27. The van der Waals surface area contributed by atoms with E-state index in [2.05, 4.69) is 41.5 Å². The summed E-state index contributed by atoms with van der Waals surface area (Å²) in [4.78, 5) is 14.7. The van der Waals surface area contributed by atoms with Gasteiger partial charge in [-0.15, -0.1) is 0 Å². The Kier molecular flexibility index (Phi) is 5.56. The smallest absolute Gasteiger partial charge is 0.257 e. The first-order valence-electron chi connectivity index (χ1n) is 10.5. The van der Waals surface area contributed by atoms with Gasteiger partial charge in [-0.3, -0.25) is 4.79 Å². The molecule has 4 rings (SSSR count). The van der Waals surface area contributed by atoms with Crippen molar-refractivity contribution < 1.29 is 9.18 Å². The molecule has 1 fully saturated rings. The first-order chi connectivity index (χ1) is 14.0. The number of rotatable bonds is 5. The van der Waals surface area contributed by atoms with E-state index >= 15 is 0 Å². The third-order valence-corrected chi connectivity index (χ3v) is 6.00. The van der Waals surface area contributed by atoms with Gasteiger partial charge in [0.25, 0.3) is 5.91 Å². The molecule has 1 saturated heterocycles. The zero-order chi connectivity index (χ0) is 20.4. The molecule has 2 N–H and O–H groups in total. The van der Waals surface area contributed by atoms with Gasteiger partial charge in [-0.05, 0) is 67.6 Å². The number of carbonyl (C=O) groups is 1. The lowest BCUT2D eigenvalue weighted by atomic mass is 9.92. The highest BCUT2D eigenvalue weighted by Gasteiger charge is 2.24. The van der Waals surface area contributed by atoms with Crippen LogP contribution in [-0.4, -0.2) is 19.0 Å². The Morgan fingerprint density at radius 2 is 2.00 bits per heavy atom. The quantitative estimate of drug-likeness (QED) is 0.654. The highest BCUT2D eigenvalue weighted by Crippen LogP contribution is 2.33. The van der Waals surface area contributed by atoms with Gasteiger partial charge in [0, 0.05) is 41.9 Å². The standard InChI is InChI=1S/C24H28FN3O/c1-3-4-17-9-11-28(12-10-17)23-8-6-19(13-16(23)2)26-15-21-20-14-18(25)5-7-22(20)27-24(21)29/h5-8,13-15,17,26H,3-4,9-12H2,1-2H3,(H,27,29)/b21-15+. The highest BCUT2D eigenvalue weighted by atomic mass is 19.1. The first kappa shape index (κ1) is 19.5. The highest BCUT2D eigenvalue weighted by molar-refractivity contribution is 6.31. The number of fused-ring (bicyclic) bond motifs is 1. The van der Waals surface area contributed by atoms with E-state index in [0.717, 1.165) is 24.7 Å². The van der Waals surface area contributed by atoms with Crippen molar-refractivity contribution in [2.75, 3.05) is 28.6 Å². The van der Waals surface area contributed by atoms with Crippen molar-refractivity contribution in [2.45, 2.75) is 39.5 Å². The molecule has 0 bridgehead atoms. The van der Waals surface area contributed by atoms with E-state index in [-0.39, 0.29) is 11.7 Å². The van der Waals surface area contributed by atoms with Crippen molar-refractivity contribution in [3.05, 3.63) is 59.5 Å². The van der Waals surface area contributed by atoms with Crippen LogP contribution in [0.3, 0.4) is 0 Å². The van der Waals surface area contributed by atoms with Crippen LogP contribution in [0.2, 0.25) is 0 Å². The van der Waals surface area contributed by atoms with Crippen LogP contribution in [0.15, 0.2) is 42.6 Å². The predicted octanol–water partition coefficient (Wildman–Crippen LogP) is 5.56. The Balaban J connectivity index is 1.46. The molecule has 0 atom stereocenters. The van der Waals surface area contributed by atoms with Gasteiger partial charge >= 0.3 is 0 Å². The molecule has 0 spiro atoms. The number of hydrogen-bond acceptors (Lipinski definition) is 3. The monoisotopic (exact) mass is 393 g/mol. The summed E-state index contributed by atoms with van der Waals surface area (Å²) in [6, 6.07) is 10.6. The summed E-state index contributed by atoms with van der Waals surface area (Å²) >= 11 is 0. The number of aryl methyl sites for hydroxylation is 1. The SMILES string of the molecule is CCCC1CCN(c2ccc(N/C=C3/C(=O)Nc4ccc(F)cc43)cc2C)CC1. The van der Waals surface area contributed by atoms with Gasteiger partial charge in [0.05, 0.1) is 5.57 Å². The van der Waals surface area contributed by atoms with E-state index in [1.807, 2.05) is 6.07 Å². The van der Waals surface area contributed by atoms with Gasteiger partial charge in [0.1, 0.15) is 5.82 Å². The number of carbonyl (C=O) groups excluding carboxylic acids is 1. The van der Waals surface area contributed by atoms with E-state index < -0.39 is 0 Å². The molecule has 2 heterocycles. The summed E-state index contributed by atoms with van der Waals surface area (Å²) < 4.78 is 13.6. The number of piperidine rings is 1. The fourth-order valence-corrected chi connectivity index (χ4v) is 4.43. The van der Waals surface area contributed by atoms with Crippen LogP contribution in [0.5, 0.6) is 0 Å². The molecular formula is C24H28FN3O. The molecule has 2 aromatic rings. The Morgan fingerprint density at radius 1 is 1.21 bits per heavy atom. The van der Waals surface area contributed by atoms with Crippen LogP contribution in [0.4, 0.5) is 21.5 Å². The minimum absolute atomic E-state index is 0.221. The fraction of sp³-hybridized carbons (Fsp3) is 0.375. The fourth-order valence-electron chi connectivity index (χ4n) is 4.43. The maximum absolute atomic E-state index is 13.6. The van der Waals surface area contributed by atoms with Crippen molar-refractivity contribution in [2.24, 2.45) is 5.92 Å². The largest absolute Gasteiger partial charge is 0.371 e. The third-order valence-electron chi connectivity index (χ3n) is 6.00. The van der Waals surface area contributed by atoms with Crippen LogP contribution < -0.4 is 15.5 Å². The Morgan fingerprint density at radius 3 is 2.72 bits per heavy atom. The molecular weight excluding hydrogens is 365 g/mol. The molecule has 5 heteroatoms. The molecule has 2 aromatic carbocycles. The molecule has 2 aliphatic rings. The number of nitrogens with one attached hydrogen (secondary N) is 2. The lowest BCUT2D eigenvalue weighted by Gasteiger charge is -2.34. The molecule has 29 heavy (non-hydrogen) atoms. The Hall–Kier alpha value is -2.82. The molecule has 152 valence electrons. The van der Waals surface area contributed by atoms with Gasteiger partial charge in [-0.1, -0.05) is 19.8 Å². The molecule has 0 saturated carbocycles. The average Bonchev–Trinajstić information content (AvgIpc) is 3.02. The van der Waals surface area contributed by atoms with E-state index in [1.54, 1.807) is 12.3 Å². The van der Waals surface area contributed by atoms with Crippen LogP contribution in [-0.2, 0) is 4.79 Å². The van der Waals surface area contributed by atoms with Crippen LogP contribution in [0, 0.1) is 18.7 Å². The topological polar surface area (TPSA) is 44.4 Å². The third kappa shape index (κ3) is 4.14. The lowest BCUT2D eigenvalue weighted by Crippen LogP contribution is -2.34. The van der Waals surface area contributed by atoms with Gasteiger partial charge in [-0.2, -0.15) is 0 Å². The van der Waals surface area contributed by atoms with Gasteiger partial charge in [0.15, 0.2) is 0 Å². The summed E-state index contributed by atoms with van der Waals surface area (Å²) in [7, 11) is 0. The molecule has 0 unspecified atom stereocenters. The molecule has 4 nitrogen and oxygen atoms in total. The summed E-state index contributed by atoms with van der Waals surface area (Å²) in [6.07, 6.45) is 6.81. The second-order valence-electron chi connectivity index (χ2n) is 8.07. The van der Waals surface area contributed by atoms with E-state index in [1.165, 1.54) is 49.1 Å². The zero-order valence-corrected chi connectivity index (χ0v) is 17.1. The van der Waals surface area contributed by atoms with Crippen molar-refractivity contribution >= 4 is 28.5 Å². The Bertz CT molecular complexity index is 945. The van der Waals surface area contributed by atoms with Crippen molar-refractivity contribution in [3.8, 4) is 0 Å². The zero-order valence-electron chi connectivity index (χ0n) is 17.1.